The average molecular weight is 504 g/mol. The second-order valence-electron chi connectivity index (χ2n) is 9.24. The monoisotopic (exact) mass is 503 g/mol. The lowest BCUT2D eigenvalue weighted by molar-refractivity contribution is 0.0954. The maximum atomic E-state index is 13.0. The smallest absolute Gasteiger partial charge is 0.268 e. The molecule has 2 aromatic heterocycles. The number of benzene rings is 2. The van der Waals surface area contributed by atoms with E-state index in [0.29, 0.717) is 53.4 Å². The third kappa shape index (κ3) is 6.35. The van der Waals surface area contributed by atoms with Crippen LogP contribution in [-0.4, -0.2) is 46.6 Å². The summed E-state index contributed by atoms with van der Waals surface area (Å²) in [6.45, 7) is 6.62. The van der Waals surface area contributed by atoms with Crippen molar-refractivity contribution >= 4 is 5.91 Å². The van der Waals surface area contributed by atoms with E-state index >= 15 is 0 Å². The lowest BCUT2D eigenvalue weighted by Gasteiger charge is -2.11. The fourth-order valence-electron chi connectivity index (χ4n) is 4.00. The van der Waals surface area contributed by atoms with E-state index in [1.165, 1.54) is 0 Å². The van der Waals surface area contributed by atoms with Crippen LogP contribution in [0.1, 0.15) is 47.8 Å². The van der Waals surface area contributed by atoms with Gasteiger partial charge in [0, 0.05) is 24.7 Å². The summed E-state index contributed by atoms with van der Waals surface area (Å²) >= 11 is 0. The van der Waals surface area contributed by atoms with E-state index in [2.05, 4.69) is 29.4 Å². The Bertz CT molecular complexity index is 1360. The molecule has 0 atom stereocenters. The number of aromatic nitrogens is 4. The van der Waals surface area contributed by atoms with Crippen LogP contribution >= 0.6 is 0 Å². The highest BCUT2D eigenvalue weighted by molar-refractivity contribution is 5.94. The van der Waals surface area contributed by atoms with Gasteiger partial charge in [-0.3, -0.25) is 4.79 Å². The number of carbonyl (C=O) groups excluding carboxylic acids is 1. The Morgan fingerprint density at radius 1 is 1.03 bits per heavy atom. The van der Waals surface area contributed by atoms with Gasteiger partial charge in [0.2, 0.25) is 5.89 Å². The maximum Gasteiger partial charge on any atom is 0.268 e. The Balaban J connectivity index is 1.50. The summed E-state index contributed by atoms with van der Waals surface area (Å²) in [6, 6.07) is 15.2. The van der Waals surface area contributed by atoms with Gasteiger partial charge >= 0.3 is 0 Å². The van der Waals surface area contributed by atoms with E-state index in [1.54, 1.807) is 27.2 Å². The number of nitrogens with one attached hydrogen (secondary N) is 1. The maximum absolute atomic E-state index is 13.0. The summed E-state index contributed by atoms with van der Waals surface area (Å²) < 4.78 is 18.1. The van der Waals surface area contributed by atoms with E-state index in [-0.39, 0.29) is 5.91 Å². The van der Waals surface area contributed by atoms with Gasteiger partial charge in [-0.05, 0) is 67.1 Å². The molecule has 0 bridgehead atoms. The molecule has 9 nitrogen and oxygen atoms in total. The summed E-state index contributed by atoms with van der Waals surface area (Å²) in [5.74, 6) is 2.61. The number of carbonyl (C=O) groups is 1. The first-order valence-corrected chi connectivity index (χ1v) is 12.4. The van der Waals surface area contributed by atoms with Gasteiger partial charge in [0.25, 0.3) is 11.8 Å². The lowest BCUT2D eigenvalue weighted by Crippen LogP contribution is -2.25. The minimum Gasteiger partial charge on any atom is -0.493 e. The highest BCUT2D eigenvalue weighted by Gasteiger charge is 2.17. The van der Waals surface area contributed by atoms with E-state index < -0.39 is 0 Å². The third-order valence-corrected chi connectivity index (χ3v) is 6.01. The summed E-state index contributed by atoms with van der Waals surface area (Å²) in [4.78, 5) is 13.0. The molecule has 194 valence electrons. The molecule has 0 saturated heterocycles. The summed E-state index contributed by atoms with van der Waals surface area (Å²) in [5, 5.41) is 15.8. The first-order valence-electron chi connectivity index (χ1n) is 12.4. The molecule has 0 saturated carbocycles. The predicted molar refractivity (Wildman–Crippen MR) is 140 cm³/mol. The number of amides is 1. The van der Waals surface area contributed by atoms with Crippen molar-refractivity contribution in [3.05, 3.63) is 71.2 Å². The minimum atomic E-state index is -0.147. The fraction of sp³-hybridized carbons (Fsp3) is 0.357. The largest absolute Gasteiger partial charge is 0.493 e. The SMILES string of the molecule is COc1ccc(CCNC(=O)c2cccc(-n3nc(-c4nnc(C)o4)cc3CCC(C)C)c2)cc1OC. The van der Waals surface area contributed by atoms with Crippen molar-refractivity contribution in [2.75, 3.05) is 20.8 Å². The van der Waals surface area contributed by atoms with Crippen molar-refractivity contribution in [1.29, 1.82) is 0 Å². The van der Waals surface area contributed by atoms with Crippen LogP contribution in [0.25, 0.3) is 17.3 Å². The van der Waals surface area contributed by atoms with Crippen LogP contribution in [0.3, 0.4) is 0 Å². The summed E-state index contributed by atoms with van der Waals surface area (Å²) in [6.07, 6.45) is 2.50. The Morgan fingerprint density at radius 2 is 1.84 bits per heavy atom. The quantitative estimate of drug-likeness (QED) is 0.313. The van der Waals surface area contributed by atoms with Crippen LogP contribution in [-0.2, 0) is 12.8 Å². The zero-order chi connectivity index (χ0) is 26.4. The topological polar surface area (TPSA) is 104 Å². The average Bonchev–Trinajstić information content (AvgIpc) is 3.53. The molecule has 0 spiro atoms. The van der Waals surface area contributed by atoms with E-state index in [4.69, 9.17) is 19.0 Å². The molecule has 0 radical (unpaired) electrons. The van der Waals surface area contributed by atoms with E-state index in [9.17, 15) is 4.79 Å². The number of nitrogens with zero attached hydrogens (tertiary/aromatic N) is 4. The van der Waals surface area contributed by atoms with Crippen LogP contribution in [0.5, 0.6) is 11.5 Å². The first kappa shape index (κ1) is 25.9. The van der Waals surface area contributed by atoms with E-state index in [0.717, 1.165) is 29.8 Å². The molecule has 4 aromatic rings. The molecular formula is C28H33N5O4. The van der Waals surface area contributed by atoms with Crippen molar-refractivity contribution in [3.63, 3.8) is 0 Å². The molecule has 0 unspecified atom stereocenters. The molecule has 0 aliphatic heterocycles. The normalized spacial score (nSPS) is 11.1. The standard InChI is InChI=1S/C28H33N5O4/c1-18(2)9-11-23-17-24(28-31-30-19(3)37-28)32-33(23)22-8-6-7-21(16-22)27(34)29-14-13-20-10-12-25(35-4)26(15-20)36-5/h6-8,10,12,15-18H,9,11,13-14H2,1-5H3,(H,29,34). The van der Waals surface area contributed by atoms with Crippen molar-refractivity contribution in [1.82, 2.24) is 25.3 Å². The van der Waals surface area contributed by atoms with Crippen LogP contribution < -0.4 is 14.8 Å². The Hall–Kier alpha value is -4.14. The van der Waals surface area contributed by atoms with Crippen LogP contribution in [0.15, 0.2) is 52.9 Å². The lowest BCUT2D eigenvalue weighted by atomic mass is 10.1. The summed E-state index contributed by atoms with van der Waals surface area (Å²) in [7, 11) is 3.21. The number of methoxy groups -OCH3 is 2. The highest BCUT2D eigenvalue weighted by atomic mass is 16.5. The molecule has 1 N–H and O–H groups in total. The molecule has 2 heterocycles. The van der Waals surface area contributed by atoms with Crippen molar-refractivity contribution in [3.8, 4) is 28.8 Å². The van der Waals surface area contributed by atoms with Crippen molar-refractivity contribution in [2.45, 2.75) is 40.0 Å². The molecule has 0 aliphatic rings. The molecule has 0 fully saturated rings. The van der Waals surface area contributed by atoms with Crippen LogP contribution in [0.2, 0.25) is 0 Å². The van der Waals surface area contributed by atoms with Gasteiger partial charge in [-0.25, -0.2) is 4.68 Å². The van der Waals surface area contributed by atoms with Crippen LogP contribution in [0.4, 0.5) is 0 Å². The number of aryl methyl sites for hydroxylation is 2. The third-order valence-electron chi connectivity index (χ3n) is 6.01. The van der Waals surface area contributed by atoms with Gasteiger partial charge in [0.1, 0.15) is 5.69 Å². The number of ether oxygens (including phenoxy) is 2. The summed E-state index contributed by atoms with van der Waals surface area (Å²) in [5.41, 5.74) is 4.04. The van der Waals surface area contributed by atoms with E-state index in [1.807, 2.05) is 47.1 Å². The Kier molecular flexibility index (Phi) is 8.22. The molecule has 2 aromatic carbocycles. The molecular weight excluding hydrogens is 470 g/mol. The molecule has 4 rings (SSSR count). The minimum absolute atomic E-state index is 0.147. The zero-order valence-corrected chi connectivity index (χ0v) is 21.9. The molecule has 0 aliphatic carbocycles. The molecule has 37 heavy (non-hydrogen) atoms. The second kappa shape index (κ2) is 11.7. The van der Waals surface area contributed by atoms with Gasteiger partial charge in [0.05, 0.1) is 19.9 Å². The van der Waals surface area contributed by atoms with Crippen molar-refractivity contribution in [2.24, 2.45) is 5.92 Å². The first-order chi connectivity index (χ1) is 17.9. The van der Waals surface area contributed by atoms with Gasteiger partial charge in [-0.15, -0.1) is 10.2 Å². The van der Waals surface area contributed by atoms with Crippen LogP contribution in [0, 0.1) is 12.8 Å². The van der Waals surface area contributed by atoms with Crippen molar-refractivity contribution < 1.29 is 18.7 Å². The predicted octanol–water partition coefficient (Wildman–Crippen LogP) is 4.81. The Morgan fingerprint density at radius 3 is 2.54 bits per heavy atom. The molecule has 1 amide bonds. The zero-order valence-electron chi connectivity index (χ0n) is 21.9. The molecule has 9 heteroatoms. The van der Waals surface area contributed by atoms with Gasteiger partial charge in [-0.2, -0.15) is 5.10 Å². The van der Waals surface area contributed by atoms with Gasteiger partial charge < -0.3 is 19.2 Å². The fourth-order valence-corrected chi connectivity index (χ4v) is 4.00. The number of rotatable bonds is 11. The highest BCUT2D eigenvalue weighted by Crippen LogP contribution is 2.27. The second-order valence-corrected chi connectivity index (χ2v) is 9.24. The number of hydrogen-bond donors (Lipinski definition) is 1. The van der Waals surface area contributed by atoms with Gasteiger partial charge in [0.15, 0.2) is 11.5 Å². The number of hydrogen-bond acceptors (Lipinski definition) is 7. The van der Waals surface area contributed by atoms with Gasteiger partial charge in [-0.1, -0.05) is 26.0 Å². The Labute approximate surface area is 216 Å².